The van der Waals surface area contributed by atoms with Gasteiger partial charge in [0.15, 0.2) is 12.2 Å². The highest BCUT2D eigenvalue weighted by Gasteiger charge is 2.48. The molecule has 8 heteroatoms. The van der Waals surface area contributed by atoms with Gasteiger partial charge in [0.1, 0.15) is 0 Å². The summed E-state index contributed by atoms with van der Waals surface area (Å²) in [7, 11) is 0. The van der Waals surface area contributed by atoms with E-state index in [1.807, 2.05) is 0 Å². The van der Waals surface area contributed by atoms with Crippen molar-refractivity contribution < 1.29 is 33.4 Å². The number of esters is 3. The maximum Gasteiger partial charge on any atom is 0.303 e. The molecule has 4 atom stereocenters. The molecule has 20 heavy (non-hydrogen) atoms. The van der Waals surface area contributed by atoms with Gasteiger partial charge in [-0.3, -0.25) is 19.2 Å². The van der Waals surface area contributed by atoms with Gasteiger partial charge < -0.3 is 19.5 Å². The van der Waals surface area contributed by atoms with Crippen LogP contribution >= 0.6 is 0 Å². The monoisotopic (exact) mass is 287 g/mol. The Morgan fingerprint density at radius 1 is 0.900 bits per heavy atom. The van der Waals surface area contributed by atoms with Crippen molar-refractivity contribution in [1.29, 1.82) is 0 Å². The maximum absolute atomic E-state index is 11.8. The average molecular weight is 287 g/mol. The first-order chi connectivity index (χ1) is 9.22. The van der Waals surface area contributed by atoms with Gasteiger partial charge in [-0.05, 0) is 6.92 Å². The highest BCUT2D eigenvalue weighted by atomic mass is 16.6. The molecule has 0 unspecified atom stereocenters. The van der Waals surface area contributed by atoms with Crippen LogP contribution in [0.5, 0.6) is 0 Å². The van der Waals surface area contributed by atoms with E-state index in [1.54, 1.807) is 6.92 Å². The van der Waals surface area contributed by atoms with Crippen LogP contribution < -0.4 is 5.32 Å². The first kappa shape index (κ1) is 15.9. The van der Waals surface area contributed by atoms with Crippen molar-refractivity contribution in [3.05, 3.63) is 0 Å². The van der Waals surface area contributed by atoms with Crippen LogP contribution in [0.3, 0.4) is 0 Å². The summed E-state index contributed by atoms with van der Waals surface area (Å²) in [4.78, 5) is 45.2. The molecule has 112 valence electrons. The zero-order valence-electron chi connectivity index (χ0n) is 11.7. The fraction of sp³-hybridized carbons (Fsp3) is 0.667. The molecule has 0 radical (unpaired) electrons. The van der Waals surface area contributed by atoms with Gasteiger partial charge >= 0.3 is 17.9 Å². The lowest BCUT2D eigenvalue weighted by Gasteiger charge is -2.39. The number of amides is 1. The van der Waals surface area contributed by atoms with Crippen molar-refractivity contribution in [1.82, 2.24) is 5.32 Å². The van der Waals surface area contributed by atoms with E-state index in [2.05, 4.69) is 5.32 Å². The molecular weight excluding hydrogens is 270 g/mol. The van der Waals surface area contributed by atoms with Crippen LogP contribution in [0.1, 0.15) is 27.7 Å². The Kier molecular flexibility index (Phi) is 5.06. The standard InChI is InChI=1S/C12H17NO7/c1-5-9(18-6(2)14)10(19-7(3)15)11(12(17)13-5)20-8(4)16/h5,9-11H,1-4H3,(H,13,17)/t5-,9-,10-,11+/m1/s1. The molecule has 0 bridgehead atoms. The maximum atomic E-state index is 11.8. The van der Waals surface area contributed by atoms with Crippen LogP contribution in [-0.4, -0.2) is 48.2 Å². The zero-order chi connectivity index (χ0) is 15.4. The van der Waals surface area contributed by atoms with E-state index in [0.717, 1.165) is 13.8 Å². The van der Waals surface area contributed by atoms with Crippen molar-refractivity contribution in [3.8, 4) is 0 Å². The Balaban J connectivity index is 3.05. The summed E-state index contributed by atoms with van der Waals surface area (Å²) in [6.07, 6.45) is -3.46. The molecule has 1 heterocycles. The Bertz CT molecular complexity index is 434. The number of rotatable bonds is 3. The number of hydrogen-bond acceptors (Lipinski definition) is 7. The molecule has 1 N–H and O–H groups in total. The van der Waals surface area contributed by atoms with Crippen molar-refractivity contribution in [2.75, 3.05) is 0 Å². The van der Waals surface area contributed by atoms with Crippen molar-refractivity contribution in [2.45, 2.75) is 52.0 Å². The third kappa shape index (κ3) is 3.94. The van der Waals surface area contributed by atoms with E-state index in [-0.39, 0.29) is 0 Å². The summed E-state index contributed by atoms with van der Waals surface area (Å²) >= 11 is 0. The fourth-order valence-corrected chi connectivity index (χ4v) is 1.98. The largest absolute Gasteiger partial charge is 0.456 e. The van der Waals surface area contributed by atoms with Gasteiger partial charge in [0.25, 0.3) is 5.91 Å². The third-order valence-electron chi connectivity index (χ3n) is 2.64. The normalized spacial score (nSPS) is 29.1. The molecule has 1 saturated heterocycles. The fourth-order valence-electron chi connectivity index (χ4n) is 1.98. The summed E-state index contributed by atoms with van der Waals surface area (Å²) in [5.41, 5.74) is 0. The molecule has 8 nitrogen and oxygen atoms in total. The molecule has 0 aromatic carbocycles. The van der Waals surface area contributed by atoms with Crippen LogP contribution in [0, 0.1) is 0 Å². The molecule has 1 rings (SSSR count). The minimum Gasteiger partial charge on any atom is -0.456 e. The smallest absolute Gasteiger partial charge is 0.303 e. The Hall–Kier alpha value is -2.12. The zero-order valence-corrected chi connectivity index (χ0v) is 11.7. The lowest BCUT2D eigenvalue weighted by Crippen LogP contribution is -2.64. The topological polar surface area (TPSA) is 108 Å². The quantitative estimate of drug-likeness (QED) is 0.540. The third-order valence-corrected chi connectivity index (χ3v) is 2.64. The van der Waals surface area contributed by atoms with E-state index in [9.17, 15) is 19.2 Å². The van der Waals surface area contributed by atoms with E-state index < -0.39 is 48.2 Å². The van der Waals surface area contributed by atoms with Crippen LogP contribution in [0.15, 0.2) is 0 Å². The van der Waals surface area contributed by atoms with Gasteiger partial charge in [0.05, 0.1) is 6.04 Å². The predicted molar refractivity (Wildman–Crippen MR) is 64.3 cm³/mol. The molecule has 0 aromatic rings. The van der Waals surface area contributed by atoms with Crippen molar-refractivity contribution >= 4 is 23.8 Å². The van der Waals surface area contributed by atoms with Gasteiger partial charge in [-0.1, -0.05) is 0 Å². The molecule has 0 aliphatic carbocycles. The minimum atomic E-state index is -1.35. The second kappa shape index (κ2) is 6.36. The molecule has 0 spiro atoms. The number of nitrogens with one attached hydrogen (secondary N) is 1. The highest BCUT2D eigenvalue weighted by molar-refractivity contribution is 5.86. The Morgan fingerprint density at radius 2 is 1.35 bits per heavy atom. The van der Waals surface area contributed by atoms with Gasteiger partial charge in [-0.15, -0.1) is 0 Å². The predicted octanol–water partition coefficient (Wildman–Crippen LogP) is -0.700. The molecule has 1 amide bonds. The molecule has 0 saturated carbocycles. The average Bonchev–Trinajstić information content (AvgIpc) is 2.27. The SMILES string of the molecule is CC(=O)O[C@@H]1[C@H](OC(C)=O)[C@@H](C)NC(=O)[C@H]1OC(C)=O. The van der Waals surface area contributed by atoms with Crippen LogP contribution in [-0.2, 0) is 33.4 Å². The van der Waals surface area contributed by atoms with Gasteiger partial charge in [0.2, 0.25) is 6.10 Å². The van der Waals surface area contributed by atoms with Gasteiger partial charge in [-0.25, -0.2) is 0 Å². The van der Waals surface area contributed by atoms with Gasteiger partial charge in [-0.2, -0.15) is 0 Å². The van der Waals surface area contributed by atoms with E-state index in [1.165, 1.54) is 6.92 Å². The highest BCUT2D eigenvalue weighted by Crippen LogP contribution is 2.21. The first-order valence-corrected chi connectivity index (χ1v) is 6.04. The number of carbonyl (C=O) groups excluding carboxylic acids is 4. The molecular formula is C12H17NO7. The summed E-state index contributed by atoms with van der Waals surface area (Å²) in [5.74, 6) is -2.59. The van der Waals surface area contributed by atoms with Crippen LogP contribution in [0.2, 0.25) is 0 Å². The van der Waals surface area contributed by atoms with E-state index in [0.29, 0.717) is 0 Å². The lowest BCUT2D eigenvalue weighted by molar-refractivity contribution is -0.194. The molecule has 1 fully saturated rings. The number of hydrogen-bond donors (Lipinski definition) is 1. The summed E-state index contributed by atoms with van der Waals surface area (Å²) in [6.45, 7) is 5.05. The van der Waals surface area contributed by atoms with Crippen molar-refractivity contribution in [2.24, 2.45) is 0 Å². The Morgan fingerprint density at radius 3 is 1.80 bits per heavy atom. The number of ether oxygens (including phenoxy) is 3. The van der Waals surface area contributed by atoms with Crippen LogP contribution in [0.4, 0.5) is 0 Å². The van der Waals surface area contributed by atoms with E-state index >= 15 is 0 Å². The summed E-state index contributed by atoms with van der Waals surface area (Å²) in [5, 5.41) is 2.51. The summed E-state index contributed by atoms with van der Waals surface area (Å²) in [6, 6.07) is -0.581. The first-order valence-electron chi connectivity index (χ1n) is 6.04. The van der Waals surface area contributed by atoms with Gasteiger partial charge in [0, 0.05) is 20.8 Å². The van der Waals surface area contributed by atoms with Crippen LogP contribution in [0.25, 0.3) is 0 Å². The minimum absolute atomic E-state index is 0.581. The van der Waals surface area contributed by atoms with Crippen molar-refractivity contribution in [3.63, 3.8) is 0 Å². The number of piperidine rings is 1. The number of carbonyl (C=O) groups is 4. The Labute approximate surface area is 115 Å². The second-order valence-corrected chi connectivity index (χ2v) is 4.48. The second-order valence-electron chi connectivity index (χ2n) is 4.48. The van der Waals surface area contributed by atoms with E-state index in [4.69, 9.17) is 14.2 Å². The molecule has 1 aliphatic rings. The summed E-state index contributed by atoms with van der Waals surface area (Å²) < 4.78 is 14.9. The molecule has 0 aromatic heterocycles. The lowest BCUT2D eigenvalue weighted by atomic mass is 9.96. The molecule has 1 aliphatic heterocycles.